The number of carbonyl (C=O) groups excluding carboxylic acids is 1. The van der Waals surface area contributed by atoms with Gasteiger partial charge in [-0.1, -0.05) is 0 Å². The molecular formula is C10H16Cl2N4O. The smallest absolute Gasteiger partial charge is 0.274 e. The van der Waals surface area contributed by atoms with Crippen LogP contribution in [0.5, 0.6) is 0 Å². The minimum absolute atomic E-state index is 0. The van der Waals surface area contributed by atoms with Crippen molar-refractivity contribution in [3.8, 4) is 0 Å². The standard InChI is InChI=1S/C10H14N4O.2ClH/c1-8-7-14(5-4-12-8)10(15)9-6-11-2-3-13-9;;/h2-3,6,8,12H,4-5,7H2,1H3;2*1H. The molecule has 1 aliphatic rings. The average molecular weight is 279 g/mol. The molecule has 0 spiro atoms. The third-order valence-corrected chi connectivity index (χ3v) is 2.44. The summed E-state index contributed by atoms with van der Waals surface area (Å²) >= 11 is 0. The van der Waals surface area contributed by atoms with Crippen molar-refractivity contribution >= 4 is 30.7 Å². The lowest BCUT2D eigenvalue weighted by Crippen LogP contribution is -2.51. The monoisotopic (exact) mass is 278 g/mol. The van der Waals surface area contributed by atoms with Crippen molar-refractivity contribution in [2.24, 2.45) is 0 Å². The summed E-state index contributed by atoms with van der Waals surface area (Å²) in [5, 5.41) is 3.29. The third kappa shape index (κ3) is 4.11. The minimum Gasteiger partial charge on any atom is -0.334 e. The molecule has 2 heterocycles. The van der Waals surface area contributed by atoms with Gasteiger partial charge in [0.25, 0.3) is 5.91 Å². The number of amides is 1. The number of nitrogens with one attached hydrogen (secondary N) is 1. The second-order valence-corrected chi connectivity index (χ2v) is 3.70. The van der Waals surface area contributed by atoms with E-state index in [1.54, 1.807) is 12.4 Å². The predicted molar refractivity (Wildman–Crippen MR) is 69.9 cm³/mol. The molecule has 96 valence electrons. The van der Waals surface area contributed by atoms with Crippen molar-refractivity contribution in [2.45, 2.75) is 13.0 Å². The lowest BCUT2D eigenvalue weighted by atomic mass is 10.2. The summed E-state index contributed by atoms with van der Waals surface area (Å²) in [4.78, 5) is 21.7. The fourth-order valence-electron chi connectivity index (χ4n) is 1.69. The molecule has 1 unspecified atom stereocenters. The van der Waals surface area contributed by atoms with Crippen molar-refractivity contribution in [3.05, 3.63) is 24.3 Å². The van der Waals surface area contributed by atoms with E-state index in [9.17, 15) is 4.79 Å². The first-order chi connectivity index (χ1) is 7.27. The molecule has 1 atom stereocenters. The number of nitrogens with zero attached hydrogens (tertiary/aromatic N) is 3. The molecule has 0 radical (unpaired) electrons. The Morgan fingerprint density at radius 3 is 2.82 bits per heavy atom. The maximum absolute atomic E-state index is 11.9. The van der Waals surface area contributed by atoms with Gasteiger partial charge < -0.3 is 10.2 Å². The van der Waals surface area contributed by atoms with Crippen molar-refractivity contribution in [1.29, 1.82) is 0 Å². The summed E-state index contributed by atoms with van der Waals surface area (Å²) in [5.74, 6) is -0.0311. The van der Waals surface area contributed by atoms with Crippen molar-refractivity contribution in [3.63, 3.8) is 0 Å². The second kappa shape index (κ2) is 7.42. The Morgan fingerprint density at radius 1 is 1.47 bits per heavy atom. The van der Waals surface area contributed by atoms with Crippen LogP contribution < -0.4 is 5.32 Å². The Hall–Kier alpha value is -0.910. The largest absolute Gasteiger partial charge is 0.334 e. The van der Waals surface area contributed by atoms with E-state index < -0.39 is 0 Å². The Morgan fingerprint density at radius 2 is 2.24 bits per heavy atom. The van der Waals surface area contributed by atoms with Gasteiger partial charge in [-0.25, -0.2) is 4.98 Å². The fourth-order valence-corrected chi connectivity index (χ4v) is 1.69. The highest BCUT2D eigenvalue weighted by molar-refractivity contribution is 5.92. The molecular weight excluding hydrogens is 263 g/mol. The Balaban J connectivity index is 0.00000128. The molecule has 1 fully saturated rings. The highest BCUT2D eigenvalue weighted by Crippen LogP contribution is 2.04. The van der Waals surface area contributed by atoms with Crippen molar-refractivity contribution in [1.82, 2.24) is 20.2 Å². The van der Waals surface area contributed by atoms with Gasteiger partial charge in [-0.15, -0.1) is 24.8 Å². The predicted octanol–water partition coefficient (Wildman–Crippen LogP) is 0.754. The molecule has 0 aromatic carbocycles. The lowest BCUT2D eigenvalue weighted by Gasteiger charge is -2.31. The molecule has 2 rings (SSSR count). The summed E-state index contributed by atoms with van der Waals surface area (Å²) < 4.78 is 0. The van der Waals surface area contributed by atoms with E-state index >= 15 is 0 Å². The van der Waals surface area contributed by atoms with E-state index in [-0.39, 0.29) is 30.7 Å². The van der Waals surface area contributed by atoms with Gasteiger partial charge >= 0.3 is 0 Å². The van der Waals surface area contributed by atoms with Crippen molar-refractivity contribution in [2.75, 3.05) is 19.6 Å². The maximum Gasteiger partial charge on any atom is 0.274 e. The summed E-state index contributed by atoms with van der Waals surface area (Å²) in [7, 11) is 0. The number of piperazine rings is 1. The molecule has 7 heteroatoms. The number of rotatable bonds is 1. The van der Waals surface area contributed by atoms with Crippen LogP contribution >= 0.6 is 24.8 Å². The molecule has 5 nitrogen and oxygen atoms in total. The highest BCUT2D eigenvalue weighted by atomic mass is 35.5. The zero-order valence-electron chi connectivity index (χ0n) is 9.50. The van der Waals surface area contributed by atoms with Crippen LogP contribution in [0, 0.1) is 0 Å². The van der Waals surface area contributed by atoms with Crippen LogP contribution in [0.15, 0.2) is 18.6 Å². The minimum atomic E-state index is -0.0311. The molecule has 1 amide bonds. The van der Waals surface area contributed by atoms with Crippen LogP contribution in [0.4, 0.5) is 0 Å². The number of hydrogen-bond donors (Lipinski definition) is 1. The van der Waals surface area contributed by atoms with E-state index in [0.717, 1.165) is 19.6 Å². The average Bonchev–Trinajstić information content (AvgIpc) is 2.29. The van der Waals surface area contributed by atoms with Crippen LogP contribution in [0.2, 0.25) is 0 Å². The first-order valence-electron chi connectivity index (χ1n) is 5.06. The molecule has 0 aliphatic carbocycles. The van der Waals surface area contributed by atoms with E-state index in [1.807, 2.05) is 4.90 Å². The molecule has 1 saturated heterocycles. The Kier molecular flexibility index (Phi) is 7.03. The Labute approximate surface area is 113 Å². The molecule has 1 aromatic heterocycles. The number of hydrogen-bond acceptors (Lipinski definition) is 4. The summed E-state index contributed by atoms with van der Waals surface area (Å²) in [6.07, 6.45) is 4.62. The third-order valence-electron chi connectivity index (χ3n) is 2.44. The normalized spacial score (nSPS) is 18.9. The fraction of sp³-hybridized carbons (Fsp3) is 0.500. The number of aromatic nitrogens is 2. The van der Waals surface area contributed by atoms with Gasteiger partial charge in [0.1, 0.15) is 5.69 Å². The van der Waals surface area contributed by atoms with Crippen molar-refractivity contribution < 1.29 is 4.79 Å². The lowest BCUT2D eigenvalue weighted by molar-refractivity contribution is 0.0702. The van der Waals surface area contributed by atoms with E-state index in [4.69, 9.17) is 0 Å². The summed E-state index contributed by atoms with van der Waals surface area (Å²) in [5.41, 5.74) is 0.423. The zero-order valence-corrected chi connectivity index (χ0v) is 11.1. The van der Waals surface area contributed by atoms with Crippen LogP contribution in [0.25, 0.3) is 0 Å². The van der Waals surface area contributed by atoms with Gasteiger partial charge in [-0.05, 0) is 6.92 Å². The highest BCUT2D eigenvalue weighted by Gasteiger charge is 2.22. The van der Waals surface area contributed by atoms with Crippen LogP contribution in [-0.4, -0.2) is 46.5 Å². The molecule has 1 aromatic rings. The van der Waals surface area contributed by atoms with Gasteiger partial charge in [0.2, 0.25) is 0 Å². The SMILES string of the molecule is CC1CN(C(=O)c2cnccn2)CCN1.Cl.Cl. The first-order valence-corrected chi connectivity index (χ1v) is 5.06. The zero-order chi connectivity index (χ0) is 10.7. The molecule has 0 bridgehead atoms. The molecule has 1 N–H and O–H groups in total. The van der Waals surface area contributed by atoms with Gasteiger partial charge in [0, 0.05) is 38.1 Å². The van der Waals surface area contributed by atoms with Gasteiger partial charge in [0.05, 0.1) is 6.20 Å². The number of halogens is 2. The second-order valence-electron chi connectivity index (χ2n) is 3.70. The quantitative estimate of drug-likeness (QED) is 0.824. The van der Waals surface area contributed by atoms with Gasteiger partial charge in [-0.2, -0.15) is 0 Å². The van der Waals surface area contributed by atoms with Gasteiger partial charge in [0.15, 0.2) is 0 Å². The molecule has 1 aliphatic heterocycles. The summed E-state index contributed by atoms with van der Waals surface area (Å²) in [6.45, 7) is 4.37. The first kappa shape index (κ1) is 16.1. The van der Waals surface area contributed by atoms with Crippen LogP contribution in [0.3, 0.4) is 0 Å². The Bertz CT molecular complexity index is 349. The molecule has 17 heavy (non-hydrogen) atoms. The van der Waals surface area contributed by atoms with E-state index in [1.165, 1.54) is 6.20 Å². The van der Waals surface area contributed by atoms with E-state index in [0.29, 0.717) is 11.7 Å². The van der Waals surface area contributed by atoms with E-state index in [2.05, 4.69) is 22.2 Å². The topological polar surface area (TPSA) is 58.1 Å². The van der Waals surface area contributed by atoms with Crippen LogP contribution in [0.1, 0.15) is 17.4 Å². The molecule has 0 saturated carbocycles. The van der Waals surface area contributed by atoms with Gasteiger partial charge in [-0.3, -0.25) is 9.78 Å². The summed E-state index contributed by atoms with van der Waals surface area (Å²) in [6, 6.07) is 0.347. The van der Waals surface area contributed by atoms with Crippen LogP contribution in [-0.2, 0) is 0 Å². The number of carbonyl (C=O) groups is 1. The maximum atomic E-state index is 11.9.